The van der Waals surface area contributed by atoms with E-state index in [4.69, 9.17) is 4.52 Å². The average molecular weight is 398 g/mol. The molecule has 1 aliphatic heterocycles. The van der Waals surface area contributed by atoms with Gasteiger partial charge in [0.25, 0.3) is 6.20 Å². The number of rotatable bonds is 7. The smallest absolute Gasteiger partial charge is 0.324 e. The van der Waals surface area contributed by atoms with Crippen molar-refractivity contribution >= 4 is 34.6 Å². The predicted octanol–water partition coefficient (Wildman–Crippen LogP) is -1.20. The second-order valence-corrected chi connectivity index (χ2v) is 7.75. The summed E-state index contributed by atoms with van der Waals surface area (Å²) >= 11 is 0.952. The number of carbonyl (C=O) groups is 2. The Morgan fingerprint density at radius 2 is 2.04 bits per heavy atom. The van der Waals surface area contributed by atoms with E-state index in [0.29, 0.717) is 6.04 Å². The van der Waals surface area contributed by atoms with Crippen molar-refractivity contribution in [2.75, 3.05) is 36.9 Å². The SMILES string of the molecule is CC(=O)N[C@@H](CSC(C)=O)C([O-])=Nc1c[n+](N2CCN(C(C)C)CC2)no1. The Balaban J connectivity index is 2.03. The number of piperazine rings is 1. The zero-order valence-corrected chi connectivity index (χ0v) is 16.9. The van der Waals surface area contributed by atoms with Crippen LogP contribution in [0.2, 0.25) is 0 Å². The zero-order valence-electron chi connectivity index (χ0n) is 16.0. The molecule has 1 atom stereocenters. The molecule has 0 spiro atoms. The first-order valence-corrected chi connectivity index (χ1v) is 9.78. The summed E-state index contributed by atoms with van der Waals surface area (Å²) in [6, 6.07) is -0.402. The second-order valence-electron chi connectivity index (χ2n) is 6.55. The van der Waals surface area contributed by atoms with Gasteiger partial charge >= 0.3 is 5.88 Å². The van der Waals surface area contributed by atoms with Crippen molar-refractivity contribution in [1.82, 2.24) is 15.5 Å². The number of aromatic nitrogens is 2. The number of nitrogens with one attached hydrogen (secondary N) is 1. The lowest BCUT2D eigenvalue weighted by molar-refractivity contribution is -0.759. The lowest BCUT2D eigenvalue weighted by Gasteiger charge is -2.32. The van der Waals surface area contributed by atoms with Gasteiger partial charge < -0.3 is 10.4 Å². The van der Waals surface area contributed by atoms with E-state index >= 15 is 0 Å². The number of aliphatic imine (C=N–C) groups is 1. The molecule has 1 aromatic heterocycles. The molecule has 0 aliphatic carbocycles. The highest BCUT2D eigenvalue weighted by Crippen LogP contribution is 2.10. The molecule has 0 saturated carbocycles. The number of hydrogen-bond donors (Lipinski definition) is 1. The monoisotopic (exact) mass is 398 g/mol. The lowest BCUT2D eigenvalue weighted by Crippen LogP contribution is -2.65. The van der Waals surface area contributed by atoms with Gasteiger partial charge in [0.15, 0.2) is 5.12 Å². The summed E-state index contributed by atoms with van der Waals surface area (Å²) in [5.41, 5.74) is 0. The second kappa shape index (κ2) is 9.70. The summed E-state index contributed by atoms with van der Waals surface area (Å²) in [5.74, 6) is -0.799. The van der Waals surface area contributed by atoms with E-state index in [1.165, 1.54) is 20.0 Å². The Labute approximate surface area is 162 Å². The van der Waals surface area contributed by atoms with Gasteiger partial charge in [-0.15, -0.1) is 0 Å². The third kappa shape index (κ3) is 6.51. The molecule has 11 heteroatoms. The molecule has 2 heterocycles. The van der Waals surface area contributed by atoms with Gasteiger partial charge in [-0.1, -0.05) is 11.8 Å². The summed E-state index contributed by atoms with van der Waals surface area (Å²) in [6.07, 6.45) is 1.53. The lowest BCUT2D eigenvalue weighted by atomic mass is 10.2. The van der Waals surface area contributed by atoms with Gasteiger partial charge in [0.1, 0.15) is 0 Å². The first kappa shape index (κ1) is 21.2. The third-order valence-electron chi connectivity index (χ3n) is 4.10. The number of thioether (sulfide) groups is 1. The molecule has 1 aromatic rings. The van der Waals surface area contributed by atoms with Crippen LogP contribution in [0.5, 0.6) is 0 Å². The summed E-state index contributed by atoms with van der Waals surface area (Å²) in [6.45, 7) is 10.4. The molecule has 1 N–H and O–H groups in total. The molecule has 0 radical (unpaired) electrons. The summed E-state index contributed by atoms with van der Waals surface area (Å²) in [5, 5.41) is 20.6. The van der Waals surface area contributed by atoms with Crippen LogP contribution in [0.3, 0.4) is 0 Å². The molecule has 1 saturated heterocycles. The van der Waals surface area contributed by atoms with Crippen LogP contribution >= 0.6 is 11.8 Å². The molecule has 27 heavy (non-hydrogen) atoms. The summed E-state index contributed by atoms with van der Waals surface area (Å²) in [4.78, 5) is 30.2. The van der Waals surface area contributed by atoms with E-state index in [9.17, 15) is 14.7 Å². The molecule has 0 bridgehead atoms. The number of amides is 1. The van der Waals surface area contributed by atoms with Crippen LogP contribution in [-0.4, -0.2) is 71.1 Å². The van der Waals surface area contributed by atoms with Crippen LogP contribution < -0.4 is 20.2 Å². The van der Waals surface area contributed by atoms with Crippen LogP contribution in [0.1, 0.15) is 27.7 Å². The van der Waals surface area contributed by atoms with Crippen molar-refractivity contribution in [2.24, 2.45) is 4.99 Å². The molecular formula is C16H26N6O4S. The molecule has 1 fully saturated rings. The van der Waals surface area contributed by atoms with Gasteiger partial charge in [-0.3, -0.25) is 19.0 Å². The molecular weight excluding hydrogens is 372 g/mol. The Morgan fingerprint density at radius 3 is 2.59 bits per heavy atom. The van der Waals surface area contributed by atoms with Gasteiger partial charge in [-0.25, -0.2) is 4.99 Å². The van der Waals surface area contributed by atoms with Crippen LogP contribution in [0, 0.1) is 0 Å². The first-order valence-electron chi connectivity index (χ1n) is 8.80. The maximum absolute atomic E-state index is 12.3. The average Bonchev–Trinajstić information content (AvgIpc) is 3.06. The van der Waals surface area contributed by atoms with Crippen molar-refractivity contribution in [2.45, 2.75) is 39.8 Å². The topological polar surface area (TPSA) is 118 Å². The van der Waals surface area contributed by atoms with Crippen molar-refractivity contribution in [1.29, 1.82) is 0 Å². The summed E-state index contributed by atoms with van der Waals surface area (Å²) in [7, 11) is 0. The maximum atomic E-state index is 12.3. The fourth-order valence-electron chi connectivity index (χ4n) is 2.65. The quantitative estimate of drug-likeness (QED) is 0.346. The highest BCUT2D eigenvalue weighted by Gasteiger charge is 2.27. The maximum Gasteiger partial charge on any atom is 0.324 e. The highest BCUT2D eigenvalue weighted by atomic mass is 32.2. The van der Waals surface area contributed by atoms with Crippen LogP contribution in [0.25, 0.3) is 0 Å². The number of carbonyl (C=O) groups excluding carboxylic acids is 2. The zero-order chi connectivity index (χ0) is 20.0. The fourth-order valence-corrected chi connectivity index (χ4v) is 3.28. The van der Waals surface area contributed by atoms with Gasteiger partial charge in [0.05, 0.1) is 23.9 Å². The predicted molar refractivity (Wildman–Crippen MR) is 99.2 cm³/mol. The van der Waals surface area contributed by atoms with Gasteiger partial charge in [0, 0.05) is 38.7 Å². The molecule has 0 aromatic carbocycles. The highest BCUT2D eigenvalue weighted by molar-refractivity contribution is 8.13. The minimum atomic E-state index is -0.899. The number of nitrogens with zero attached hydrogens (tertiary/aromatic N) is 5. The standard InChI is InChI=1S/C16H26N6O4S/c1-11(2)20-5-7-21(8-6-20)22-9-15(26-19-22)18-16(25)14(17-12(3)23)10-27-13(4)24/h9,11,14H,5-8,10H2,1-4H3,(H-,17,18,19,23,25)/t14-/m0/s1. The molecule has 10 nitrogen and oxygen atoms in total. The Bertz CT molecular complexity index is 684. The largest absolute Gasteiger partial charge is 0.860 e. The van der Waals surface area contributed by atoms with Crippen LogP contribution in [0.15, 0.2) is 15.7 Å². The Kier molecular flexibility index (Phi) is 7.60. The normalized spacial score (nSPS) is 17.2. The van der Waals surface area contributed by atoms with Crippen LogP contribution in [-0.2, 0) is 9.59 Å². The Morgan fingerprint density at radius 1 is 1.37 bits per heavy atom. The van der Waals surface area contributed by atoms with Crippen LogP contribution in [0.4, 0.5) is 5.88 Å². The van der Waals surface area contributed by atoms with Crippen molar-refractivity contribution in [3.63, 3.8) is 0 Å². The molecule has 1 amide bonds. The molecule has 0 unspecified atom stereocenters. The molecule has 150 valence electrons. The third-order valence-corrected chi connectivity index (χ3v) is 5.01. The van der Waals surface area contributed by atoms with E-state index < -0.39 is 11.9 Å². The van der Waals surface area contributed by atoms with Gasteiger partial charge in [-0.2, -0.15) is 5.01 Å². The van der Waals surface area contributed by atoms with Gasteiger partial charge in [0.2, 0.25) is 11.2 Å². The van der Waals surface area contributed by atoms with Gasteiger partial charge in [-0.05, 0) is 19.7 Å². The van der Waals surface area contributed by atoms with Crippen molar-refractivity contribution < 1.29 is 24.0 Å². The molecule has 2 rings (SSSR count). The fraction of sp³-hybridized carbons (Fsp3) is 0.688. The minimum absolute atomic E-state index is 0.0504. The van der Waals surface area contributed by atoms with Crippen molar-refractivity contribution in [3.8, 4) is 0 Å². The van der Waals surface area contributed by atoms with E-state index in [2.05, 4.69) is 34.3 Å². The van der Waals surface area contributed by atoms with Crippen molar-refractivity contribution in [3.05, 3.63) is 6.20 Å². The van der Waals surface area contributed by atoms with E-state index in [-0.39, 0.29) is 22.7 Å². The summed E-state index contributed by atoms with van der Waals surface area (Å²) < 4.78 is 5.13. The Hall–Kier alpha value is -2.14. The van der Waals surface area contributed by atoms with E-state index in [1.807, 2.05) is 5.01 Å². The first-order chi connectivity index (χ1) is 12.8. The van der Waals surface area contributed by atoms with E-state index in [0.717, 1.165) is 37.9 Å². The molecule has 1 aliphatic rings. The number of hydrogen-bond acceptors (Lipinski definition) is 9. The minimum Gasteiger partial charge on any atom is -0.860 e. The van der Waals surface area contributed by atoms with E-state index in [1.54, 1.807) is 4.79 Å².